The maximum absolute atomic E-state index is 12.7. The summed E-state index contributed by atoms with van der Waals surface area (Å²) >= 11 is 0. The first-order valence-electron chi connectivity index (χ1n) is 36.6. The highest BCUT2D eigenvalue weighted by Gasteiger charge is 2.34. The summed E-state index contributed by atoms with van der Waals surface area (Å²) in [6.07, 6.45) is 58.5. The van der Waals surface area contributed by atoms with E-state index >= 15 is 0 Å². The standard InChI is InChI=1S/C71H140N5O8P.3ClH/c1-8-14-51-71(52-15-9-2,53-16-10-3)54-37-29-24-20-21-25-30-39-56-73(57-40-31-26-22-23-27-33-45-65-85(62-17-11-4,63-18-12-5)64-19-13-6)58-41-35-44-61-76(84)70(81)50-48-68(79)72-55-38-34-43-60-75(83)69(80)49-47-67(78)46-36-28-32-42-59-74(82)66(7)77;;;/h82-84H,8-65H2,1-7H3;3*1H/p-1. The summed E-state index contributed by atoms with van der Waals surface area (Å²) in [5, 5.41) is 35.1. The Morgan fingerprint density at radius 1 is 0.364 bits per heavy atom. The molecule has 0 bridgehead atoms. The lowest BCUT2D eigenvalue weighted by atomic mass is 9.71. The third kappa shape index (κ3) is 54.1. The number of quaternary nitrogens is 1. The van der Waals surface area contributed by atoms with Crippen molar-refractivity contribution >= 4 is 36.7 Å². The topological polar surface area (TPSA) is 172 Å². The number of carbonyl (C=O) groups excluding carboxylic acids is 5. The highest BCUT2D eigenvalue weighted by Crippen LogP contribution is 2.61. The summed E-state index contributed by atoms with van der Waals surface area (Å²) in [4.78, 5) is 62.5. The van der Waals surface area contributed by atoms with E-state index < -0.39 is 25.0 Å². The van der Waals surface area contributed by atoms with Gasteiger partial charge in [-0.3, -0.25) is 39.6 Å². The summed E-state index contributed by atoms with van der Waals surface area (Å²) in [5.41, 5.74) is 0.604. The second-order valence-corrected chi connectivity index (χ2v) is 30.8. The molecule has 0 aromatic carbocycles. The Hall–Kier alpha value is -1.31. The first kappa shape index (κ1) is 93.1. The van der Waals surface area contributed by atoms with Gasteiger partial charge in [-0.15, -0.1) is 0 Å². The van der Waals surface area contributed by atoms with Crippen LogP contribution in [0.25, 0.3) is 0 Å². The minimum atomic E-state index is -0.765. The lowest BCUT2D eigenvalue weighted by Gasteiger charge is -2.35. The van der Waals surface area contributed by atoms with Gasteiger partial charge in [-0.05, 0) is 140 Å². The summed E-state index contributed by atoms with van der Waals surface area (Å²) in [6, 6.07) is 0. The zero-order valence-electron chi connectivity index (χ0n) is 58.3. The van der Waals surface area contributed by atoms with E-state index in [4.69, 9.17) is 0 Å². The van der Waals surface area contributed by atoms with Crippen LogP contribution in [0.1, 0.15) is 350 Å². The molecule has 0 saturated carbocycles. The quantitative estimate of drug-likeness (QED) is 0.0174. The Kier molecular flexibility index (Phi) is 69.5. The minimum Gasteiger partial charge on any atom is -1.00 e. The van der Waals surface area contributed by atoms with Gasteiger partial charge in [-0.2, -0.15) is 0 Å². The zero-order chi connectivity index (χ0) is 62.9. The predicted molar refractivity (Wildman–Crippen MR) is 360 cm³/mol. The van der Waals surface area contributed by atoms with Crippen LogP contribution in [0.2, 0.25) is 0 Å². The number of hydrogen-bond acceptors (Lipinski definition) is 8. The van der Waals surface area contributed by atoms with Gasteiger partial charge >= 0.3 is 0 Å². The van der Waals surface area contributed by atoms with Crippen LogP contribution in [0.4, 0.5) is 0 Å². The summed E-state index contributed by atoms with van der Waals surface area (Å²) in [7, 11) is -0.765. The third-order valence-corrected chi connectivity index (χ3v) is 23.6. The van der Waals surface area contributed by atoms with Crippen LogP contribution in [0.5, 0.6) is 0 Å². The van der Waals surface area contributed by atoms with E-state index in [0.29, 0.717) is 60.6 Å². The van der Waals surface area contributed by atoms with E-state index in [9.17, 15) is 39.6 Å². The molecule has 0 radical (unpaired) electrons. The number of nitrogens with zero attached hydrogens (tertiary/aromatic N) is 3. The lowest BCUT2D eigenvalue weighted by Crippen LogP contribution is -3.12. The fourth-order valence-electron chi connectivity index (χ4n) is 12.6. The van der Waals surface area contributed by atoms with E-state index in [1.165, 1.54) is 225 Å². The summed E-state index contributed by atoms with van der Waals surface area (Å²) in [5.74, 6) is -1.60. The van der Waals surface area contributed by atoms with Crippen LogP contribution in [0, 0.1) is 5.41 Å². The summed E-state index contributed by atoms with van der Waals surface area (Å²) < 4.78 is 0. The van der Waals surface area contributed by atoms with Crippen molar-refractivity contribution in [1.82, 2.24) is 20.5 Å². The second-order valence-electron chi connectivity index (χ2n) is 26.4. The maximum Gasteiger partial charge on any atom is 0.246 e. The van der Waals surface area contributed by atoms with E-state index in [1.807, 2.05) is 0 Å². The van der Waals surface area contributed by atoms with E-state index in [0.717, 1.165) is 43.7 Å². The van der Waals surface area contributed by atoms with Gasteiger partial charge in [0.25, 0.3) is 0 Å². The molecule has 17 heteroatoms. The van der Waals surface area contributed by atoms with Gasteiger partial charge in [0.15, 0.2) is 0 Å². The number of amides is 4. The number of hydrogen-bond donors (Lipinski definition) is 5. The van der Waals surface area contributed by atoms with Crippen LogP contribution in [0.15, 0.2) is 0 Å². The molecule has 1 unspecified atom stereocenters. The molecular weight excluding hydrogens is 1190 g/mol. The maximum atomic E-state index is 12.7. The molecule has 5 N–H and O–H groups in total. The van der Waals surface area contributed by atoms with Crippen LogP contribution in [-0.4, -0.2) is 131 Å². The van der Waals surface area contributed by atoms with Crippen molar-refractivity contribution in [1.29, 1.82) is 0 Å². The molecule has 0 saturated heterocycles. The fraction of sp³-hybridized carbons (Fsp3) is 0.930. The number of nitrogens with one attached hydrogen (secondary N) is 2. The van der Waals surface area contributed by atoms with Gasteiger partial charge in [0.05, 0.1) is 44.3 Å². The highest BCUT2D eigenvalue weighted by atomic mass is 35.5. The molecule has 88 heavy (non-hydrogen) atoms. The summed E-state index contributed by atoms with van der Waals surface area (Å²) in [6.45, 7) is 20.3. The molecule has 0 aliphatic heterocycles. The second kappa shape index (κ2) is 65.7. The van der Waals surface area contributed by atoms with Gasteiger partial charge in [0.1, 0.15) is 5.78 Å². The molecular formula is C71H142Cl3N5O8P-. The van der Waals surface area contributed by atoms with Gasteiger partial charge in [0, 0.05) is 72.5 Å². The molecule has 4 amide bonds. The first-order chi connectivity index (χ1) is 41.2. The van der Waals surface area contributed by atoms with Gasteiger partial charge in [-0.1, -0.05) is 176 Å². The number of carbonyl (C=O) groups is 5. The van der Waals surface area contributed by atoms with Crippen LogP contribution >= 0.6 is 7.26 Å². The highest BCUT2D eigenvalue weighted by molar-refractivity contribution is 7.75. The normalized spacial score (nSPS) is 11.8. The van der Waals surface area contributed by atoms with Crippen molar-refractivity contribution in [3.05, 3.63) is 0 Å². The Morgan fingerprint density at radius 2 is 0.693 bits per heavy atom. The Labute approximate surface area is 561 Å². The number of halogens is 3. The van der Waals surface area contributed by atoms with Crippen LogP contribution < -0.4 is 47.4 Å². The lowest BCUT2D eigenvalue weighted by molar-refractivity contribution is -0.900. The third-order valence-electron chi connectivity index (χ3n) is 18.5. The minimum absolute atomic E-state index is 0. The molecule has 526 valence electrons. The van der Waals surface area contributed by atoms with Crippen molar-refractivity contribution in [2.75, 3.05) is 70.5 Å². The van der Waals surface area contributed by atoms with Gasteiger partial charge in [-0.25, -0.2) is 15.2 Å². The number of ketones is 1. The van der Waals surface area contributed by atoms with Crippen LogP contribution in [-0.2, 0) is 24.0 Å². The fourth-order valence-corrected chi connectivity index (χ4v) is 17.8. The molecule has 13 nitrogen and oxygen atoms in total. The average Bonchev–Trinajstić information content (AvgIpc) is 3.71. The average molecular weight is 1330 g/mol. The van der Waals surface area contributed by atoms with Crippen molar-refractivity contribution in [3.8, 4) is 0 Å². The number of rotatable bonds is 65. The van der Waals surface area contributed by atoms with E-state index in [-0.39, 0.29) is 94.2 Å². The predicted octanol–water partition coefficient (Wildman–Crippen LogP) is 8.70. The van der Waals surface area contributed by atoms with E-state index in [2.05, 4.69) is 46.9 Å². The largest absolute Gasteiger partial charge is 1.00 e. The number of unbranched alkanes of at least 4 members (excludes halogenated alkanes) is 27. The first-order valence-corrected chi connectivity index (χ1v) is 39.1. The van der Waals surface area contributed by atoms with Crippen LogP contribution in [0.3, 0.4) is 0 Å². The monoisotopic (exact) mass is 1330 g/mol. The Morgan fingerprint density at radius 3 is 1.12 bits per heavy atom. The molecule has 0 rings (SSSR count). The smallest absolute Gasteiger partial charge is 0.246 e. The Bertz CT molecular complexity index is 1510. The SMILES string of the molecule is CCCCC(CCCC)(CCCC)CCCCCCCCCC[NH+](CCCCCCCCCC[P+](CCCC)(CCCC)CCCC)CCCCCN(O)C(=O)CCC(=O)NCCCCCN(O)C(=O)CCC(=O)CCCCCCN(O)C(C)=O.[Cl-].[Cl-].[Cl-]. The molecule has 1 atom stereocenters. The molecule has 0 spiro atoms. The number of hydroxylamine groups is 6. The van der Waals surface area contributed by atoms with Gasteiger partial charge in [0.2, 0.25) is 23.6 Å². The van der Waals surface area contributed by atoms with Crippen molar-refractivity contribution in [2.24, 2.45) is 5.41 Å². The molecule has 0 aliphatic carbocycles. The molecule has 0 aromatic heterocycles. The molecule has 0 heterocycles. The van der Waals surface area contributed by atoms with E-state index in [1.54, 1.807) is 29.5 Å². The molecule has 0 fully saturated rings. The zero-order valence-corrected chi connectivity index (χ0v) is 61.5. The van der Waals surface area contributed by atoms with Gasteiger partial charge < -0.3 is 47.4 Å². The van der Waals surface area contributed by atoms with Crippen molar-refractivity contribution in [3.63, 3.8) is 0 Å². The molecule has 0 aliphatic rings. The Balaban J connectivity index is -0.0000118. The molecule has 0 aromatic rings. The van der Waals surface area contributed by atoms with Crippen molar-refractivity contribution < 1.29 is 81.7 Å². The van der Waals surface area contributed by atoms with Crippen molar-refractivity contribution in [2.45, 2.75) is 350 Å². The number of Topliss-reactive ketones (excluding diaryl/α,β-unsaturated/α-hetero) is 1.